The van der Waals surface area contributed by atoms with Crippen LogP contribution in [-0.2, 0) is 0 Å². The lowest BCUT2D eigenvalue weighted by atomic mass is 9.87. The van der Waals surface area contributed by atoms with Gasteiger partial charge in [-0.25, -0.2) is 15.0 Å². The van der Waals surface area contributed by atoms with Crippen molar-refractivity contribution in [1.29, 1.82) is 0 Å². The number of aromatic nitrogens is 4. The molecule has 258 valence electrons. The molecule has 0 saturated carbocycles. The average molecular weight is 703 g/mol. The number of hydrogen-bond donors (Lipinski definition) is 0. The van der Waals surface area contributed by atoms with E-state index in [1.54, 1.807) is 0 Å². The van der Waals surface area contributed by atoms with Gasteiger partial charge in [-0.2, -0.15) is 0 Å². The minimum Gasteiger partial charge on any atom is -0.309 e. The summed E-state index contributed by atoms with van der Waals surface area (Å²) in [5.41, 5.74) is 12.8. The molecule has 0 aliphatic heterocycles. The van der Waals surface area contributed by atoms with Gasteiger partial charge in [0.15, 0.2) is 17.5 Å². The summed E-state index contributed by atoms with van der Waals surface area (Å²) in [7, 11) is 0. The van der Waals surface area contributed by atoms with Crippen LogP contribution in [0.4, 0.5) is 0 Å². The van der Waals surface area contributed by atoms with Gasteiger partial charge < -0.3 is 4.57 Å². The Morgan fingerprint density at radius 1 is 0.291 bits per heavy atom. The van der Waals surface area contributed by atoms with E-state index in [0.717, 1.165) is 66.8 Å². The highest BCUT2D eigenvalue weighted by molar-refractivity contribution is 6.10. The lowest BCUT2D eigenvalue weighted by Gasteiger charge is -2.19. The maximum atomic E-state index is 5.29. The lowest BCUT2D eigenvalue weighted by Crippen LogP contribution is -2.04. The Morgan fingerprint density at radius 3 is 1.20 bits per heavy atom. The van der Waals surface area contributed by atoms with E-state index in [2.05, 4.69) is 174 Å². The molecular weight excluding hydrogens is 669 g/mol. The Kier molecular flexibility index (Phi) is 8.12. The van der Waals surface area contributed by atoms with Crippen molar-refractivity contribution in [3.63, 3.8) is 0 Å². The fourth-order valence-corrected chi connectivity index (χ4v) is 7.76. The van der Waals surface area contributed by atoms with Crippen LogP contribution < -0.4 is 0 Å². The fraction of sp³-hybridized carbons (Fsp3) is 0. The van der Waals surface area contributed by atoms with Gasteiger partial charge in [0.05, 0.1) is 16.7 Å². The maximum absolute atomic E-state index is 5.29. The summed E-state index contributed by atoms with van der Waals surface area (Å²) in [5.74, 6) is 1.85. The third-order valence-electron chi connectivity index (χ3n) is 10.3. The molecule has 10 aromatic rings. The van der Waals surface area contributed by atoms with Gasteiger partial charge in [0.1, 0.15) is 0 Å². The quantitative estimate of drug-likeness (QED) is 0.166. The number of rotatable bonds is 7. The van der Waals surface area contributed by atoms with E-state index in [4.69, 9.17) is 15.0 Å². The van der Waals surface area contributed by atoms with Crippen molar-refractivity contribution in [3.8, 4) is 73.2 Å². The predicted octanol–water partition coefficient (Wildman–Crippen LogP) is 13.0. The molecular formula is C51H34N4. The number of benzene rings is 8. The molecule has 8 aromatic carbocycles. The van der Waals surface area contributed by atoms with E-state index >= 15 is 0 Å². The van der Waals surface area contributed by atoms with Crippen molar-refractivity contribution in [1.82, 2.24) is 19.5 Å². The van der Waals surface area contributed by atoms with Gasteiger partial charge >= 0.3 is 0 Å². The minimum atomic E-state index is 0.602. The van der Waals surface area contributed by atoms with Crippen LogP contribution in [-0.4, -0.2) is 19.5 Å². The summed E-state index contributed by atoms with van der Waals surface area (Å²) in [6.45, 7) is 0. The van der Waals surface area contributed by atoms with E-state index < -0.39 is 0 Å². The van der Waals surface area contributed by atoms with Gasteiger partial charge in [0.25, 0.3) is 0 Å². The number of nitrogens with zero attached hydrogens (tertiary/aromatic N) is 4. The van der Waals surface area contributed by atoms with Gasteiger partial charge in [-0.15, -0.1) is 0 Å². The molecule has 0 unspecified atom stereocenters. The van der Waals surface area contributed by atoms with Gasteiger partial charge in [-0.05, 0) is 57.6 Å². The molecule has 0 saturated heterocycles. The number of para-hydroxylation sites is 2. The summed E-state index contributed by atoms with van der Waals surface area (Å²) in [6, 6.07) is 72.3. The van der Waals surface area contributed by atoms with E-state index in [1.807, 2.05) is 36.4 Å². The molecule has 10 rings (SSSR count). The zero-order valence-corrected chi connectivity index (χ0v) is 29.9. The molecule has 0 N–H and O–H groups in total. The van der Waals surface area contributed by atoms with Crippen molar-refractivity contribution in [2.24, 2.45) is 0 Å². The maximum Gasteiger partial charge on any atom is 0.166 e. The minimum absolute atomic E-state index is 0.602. The molecule has 4 heteroatoms. The average Bonchev–Trinajstić information content (AvgIpc) is 3.61. The standard InChI is InChI=1S/C51H34N4/c1-5-18-35(19-6-1)40-28-17-29-41(36-20-7-2-8-21-36)48(40)39-32-33-47(55-45-30-15-13-26-42(45)43-27-14-16-31-46(43)55)44(34-39)51-53-49(37-22-9-3-10-23-37)52-50(54-51)38-24-11-4-12-25-38/h1-34H. The first kappa shape index (κ1) is 32.2. The van der Waals surface area contributed by atoms with Gasteiger partial charge in [-0.1, -0.05) is 182 Å². The summed E-state index contributed by atoms with van der Waals surface area (Å²) >= 11 is 0. The first-order chi connectivity index (χ1) is 27.3. The Bertz CT molecular complexity index is 2790. The second-order valence-corrected chi connectivity index (χ2v) is 13.6. The van der Waals surface area contributed by atoms with Crippen LogP contribution in [0.1, 0.15) is 0 Å². The van der Waals surface area contributed by atoms with Crippen LogP contribution in [0, 0.1) is 0 Å². The van der Waals surface area contributed by atoms with Crippen molar-refractivity contribution in [2.45, 2.75) is 0 Å². The normalized spacial score (nSPS) is 11.3. The van der Waals surface area contributed by atoms with Crippen molar-refractivity contribution >= 4 is 21.8 Å². The number of fused-ring (bicyclic) bond motifs is 3. The van der Waals surface area contributed by atoms with Crippen molar-refractivity contribution in [3.05, 3.63) is 206 Å². The number of hydrogen-bond acceptors (Lipinski definition) is 3. The van der Waals surface area contributed by atoms with Crippen molar-refractivity contribution in [2.75, 3.05) is 0 Å². The molecule has 0 atom stereocenters. The molecule has 0 aliphatic carbocycles. The summed E-state index contributed by atoms with van der Waals surface area (Å²) in [5, 5.41) is 2.39. The molecule has 0 fully saturated rings. The van der Waals surface area contributed by atoms with Crippen LogP contribution in [0.15, 0.2) is 206 Å². The largest absolute Gasteiger partial charge is 0.309 e. The second kappa shape index (κ2) is 13.8. The molecule has 4 nitrogen and oxygen atoms in total. The second-order valence-electron chi connectivity index (χ2n) is 13.6. The molecule has 0 spiro atoms. The lowest BCUT2D eigenvalue weighted by molar-refractivity contribution is 1.06. The highest BCUT2D eigenvalue weighted by Gasteiger charge is 2.22. The molecule has 0 bridgehead atoms. The van der Waals surface area contributed by atoms with Gasteiger partial charge in [0.2, 0.25) is 0 Å². The van der Waals surface area contributed by atoms with Crippen molar-refractivity contribution < 1.29 is 0 Å². The fourth-order valence-electron chi connectivity index (χ4n) is 7.76. The monoisotopic (exact) mass is 702 g/mol. The molecule has 0 amide bonds. The summed E-state index contributed by atoms with van der Waals surface area (Å²) < 4.78 is 2.36. The van der Waals surface area contributed by atoms with E-state index in [-0.39, 0.29) is 0 Å². The highest BCUT2D eigenvalue weighted by atomic mass is 15.1. The van der Waals surface area contributed by atoms with Crippen LogP contribution in [0.3, 0.4) is 0 Å². The zero-order valence-electron chi connectivity index (χ0n) is 29.9. The Morgan fingerprint density at radius 2 is 0.709 bits per heavy atom. The third kappa shape index (κ3) is 5.87. The topological polar surface area (TPSA) is 43.6 Å². The Labute approximate surface area is 319 Å². The van der Waals surface area contributed by atoms with Crippen LogP contribution >= 0.6 is 0 Å². The molecule has 0 radical (unpaired) electrons. The van der Waals surface area contributed by atoms with E-state index in [0.29, 0.717) is 17.5 Å². The molecule has 0 aliphatic rings. The first-order valence-corrected chi connectivity index (χ1v) is 18.5. The zero-order chi connectivity index (χ0) is 36.6. The van der Waals surface area contributed by atoms with Crippen LogP contribution in [0.25, 0.3) is 95.0 Å². The highest BCUT2D eigenvalue weighted by Crippen LogP contribution is 2.43. The molecule has 2 aromatic heterocycles. The van der Waals surface area contributed by atoms with Crippen LogP contribution in [0.2, 0.25) is 0 Å². The van der Waals surface area contributed by atoms with E-state index in [1.165, 1.54) is 10.8 Å². The SMILES string of the molecule is c1ccc(-c2nc(-c3ccccc3)nc(-c3cc(-c4c(-c5ccccc5)cccc4-c4ccccc4)ccc3-n3c4ccccc4c4ccccc43)n2)cc1. The molecule has 2 heterocycles. The predicted molar refractivity (Wildman–Crippen MR) is 227 cm³/mol. The first-order valence-electron chi connectivity index (χ1n) is 18.5. The summed E-state index contributed by atoms with van der Waals surface area (Å²) in [4.78, 5) is 15.6. The third-order valence-corrected chi connectivity index (χ3v) is 10.3. The van der Waals surface area contributed by atoms with E-state index in [9.17, 15) is 0 Å². The summed E-state index contributed by atoms with van der Waals surface area (Å²) in [6.07, 6.45) is 0. The van der Waals surface area contributed by atoms with Gasteiger partial charge in [-0.3, -0.25) is 0 Å². The Hall–Kier alpha value is -7.43. The van der Waals surface area contributed by atoms with Gasteiger partial charge in [0, 0.05) is 27.5 Å². The smallest absolute Gasteiger partial charge is 0.166 e. The Balaban J connectivity index is 1.31. The van der Waals surface area contributed by atoms with Crippen LogP contribution in [0.5, 0.6) is 0 Å². The molecule has 55 heavy (non-hydrogen) atoms.